The highest BCUT2D eigenvalue weighted by Crippen LogP contribution is 2.45. The molecule has 192 valence electrons. The zero-order valence-electron chi connectivity index (χ0n) is 21.0. The Morgan fingerprint density at radius 3 is 2.55 bits per heavy atom. The first-order valence-corrected chi connectivity index (χ1v) is 14.1. The number of aromatic nitrogens is 1. The number of nitrogens with zero attached hydrogens (tertiary/aromatic N) is 2. The van der Waals surface area contributed by atoms with Gasteiger partial charge in [0.2, 0.25) is 0 Å². The quantitative estimate of drug-likeness (QED) is 0.240. The second-order valence-electron chi connectivity index (χ2n) is 9.13. The van der Waals surface area contributed by atoms with E-state index in [1.807, 2.05) is 42.5 Å². The molecule has 0 unspecified atom stereocenters. The van der Waals surface area contributed by atoms with Gasteiger partial charge in [0.15, 0.2) is 18.1 Å². The molecule has 0 atom stereocenters. The lowest BCUT2D eigenvalue weighted by Gasteiger charge is -2.27. The molecule has 0 fully saturated rings. The van der Waals surface area contributed by atoms with Gasteiger partial charge in [-0.3, -0.25) is 9.69 Å². The topological polar surface area (TPSA) is 63.7 Å². The summed E-state index contributed by atoms with van der Waals surface area (Å²) in [6.45, 7) is 2.60. The summed E-state index contributed by atoms with van der Waals surface area (Å²) in [5, 5.41) is 4.93. The fourth-order valence-electron chi connectivity index (χ4n) is 4.77. The first-order chi connectivity index (χ1) is 18.7. The second kappa shape index (κ2) is 10.9. The third kappa shape index (κ3) is 5.15. The molecule has 3 heterocycles. The van der Waals surface area contributed by atoms with Crippen LogP contribution in [0.1, 0.15) is 16.0 Å². The lowest BCUT2D eigenvalue weighted by atomic mass is 10.0. The number of ether oxygens (including phenoxy) is 2. The van der Waals surface area contributed by atoms with E-state index in [4.69, 9.17) is 14.5 Å². The predicted octanol–water partition coefficient (Wildman–Crippen LogP) is 6.61. The molecular formula is C30H27N3O3S2. The molecule has 0 saturated heterocycles. The highest BCUT2D eigenvalue weighted by molar-refractivity contribution is 7.22. The Morgan fingerprint density at radius 2 is 1.74 bits per heavy atom. The van der Waals surface area contributed by atoms with E-state index in [2.05, 4.69) is 40.5 Å². The Bertz CT molecular complexity index is 1550. The van der Waals surface area contributed by atoms with Crippen molar-refractivity contribution in [3.05, 3.63) is 94.9 Å². The molecule has 0 spiro atoms. The van der Waals surface area contributed by atoms with Crippen molar-refractivity contribution in [3.63, 3.8) is 0 Å². The largest absolute Gasteiger partial charge is 0.493 e. The van der Waals surface area contributed by atoms with Gasteiger partial charge in [0.25, 0.3) is 5.91 Å². The van der Waals surface area contributed by atoms with Gasteiger partial charge in [-0.2, -0.15) is 0 Å². The van der Waals surface area contributed by atoms with Gasteiger partial charge in [0.05, 0.1) is 17.3 Å². The molecule has 1 aliphatic rings. The van der Waals surface area contributed by atoms with Gasteiger partial charge in [0.1, 0.15) is 10.0 Å². The average molecular weight is 542 g/mol. The van der Waals surface area contributed by atoms with Crippen molar-refractivity contribution >= 4 is 43.8 Å². The van der Waals surface area contributed by atoms with Crippen LogP contribution in [0.2, 0.25) is 0 Å². The molecule has 6 nitrogen and oxygen atoms in total. The van der Waals surface area contributed by atoms with Crippen molar-refractivity contribution < 1.29 is 14.3 Å². The van der Waals surface area contributed by atoms with E-state index in [1.54, 1.807) is 35.8 Å². The van der Waals surface area contributed by atoms with Gasteiger partial charge in [0, 0.05) is 30.1 Å². The van der Waals surface area contributed by atoms with Crippen LogP contribution >= 0.6 is 22.7 Å². The number of fused-ring (bicyclic) bond motifs is 2. The van der Waals surface area contributed by atoms with Crippen LogP contribution in [-0.4, -0.2) is 36.1 Å². The summed E-state index contributed by atoms with van der Waals surface area (Å²) < 4.78 is 12.3. The Balaban J connectivity index is 1.28. The first kappa shape index (κ1) is 24.6. The van der Waals surface area contributed by atoms with Crippen molar-refractivity contribution in [3.8, 4) is 22.1 Å². The van der Waals surface area contributed by atoms with Crippen LogP contribution in [0.5, 0.6) is 11.5 Å². The van der Waals surface area contributed by atoms with Crippen molar-refractivity contribution in [2.75, 3.05) is 25.6 Å². The third-order valence-corrected chi connectivity index (χ3v) is 8.76. The van der Waals surface area contributed by atoms with Crippen LogP contribution in [0, 0.1) is 0 Å². The average Bonchev–Trinajstić information content (AvgIpc) is 3.53. The normalized spacial score (nSPS) is 13.3. The predicted molar refractivity (Wildman–Crippen MR) is 154 cm³/mol. The molecule has 1 amide bonds. The Hall–Kier alpha value is -3.72. The molecule has 0 bridgehead atoms. The molecule has 0 saturated carbocycles. The zero-order valence-corrected chi connectivity index (χ0v) is 22.6. The first-order valence-electron chi connectivity index (χ1n) is 12.5. The summed E-state index contributed by atoms with van der Waals surface area (Å²) in [5.74, 6) is 0.928. The van der Waals surface area contributed by atoms with Crippen LogP contribution in [0.3, 0.4) is 0 Å². The minimum atomic E-state index is -0.210. The van der Waals surface area contributed by atoms with Crippen molar-refractivity contribution in [2.45, 2.75) is 19.5 Å². The number of rotatable bonds is 8. The van der Waals surface area contributed by atoms with E-state index in [0.717, 1.165) is 51.8 Å². The van der Waals surface area contributed by atoms with Crippen LogP contribution in [0.4, 0.5) is 5.00 Å². The number of carbonyl (C=O) groups is 1. The summed E-state index contributed by atoms with van der Waals surface area (Å²) in [4.78, 5) is 21.8. The van der Waals surface area contributed by atoms with Crippen molar-refractivity contribution in [1.82, 2.24) is 9.88 Å². The number of hydrogen-bond acceptors (Lipinski definition) is 7. The standard InChI is InChI=1S/C30H27N3O3S2/c1-35-23-12-6-7-13-24(23)36-19-27(34)32-30-28(29-31-22-11-5-8-14-25(22)37-29)21-15-16-33(18-26(21)38-30)17-20-9-3-2-4-10-20/h2-14H,15-19H2,1H3,(H,32,34). The maximum Gasteiger partial charge on any atom is 0.262 e. The maximum atomic E-state index is 13.1. The minimum absolute atomic E-state index is 0.109. The Kier molecular flexibility index (Phi) is 7.09. The monoisotopic (exact) mass is 541 g/mol. The Morgan fingerprint density at radius 1 is 0.974 bits per heavy atom. The molecule has 3 aromatic carbocycles. The molecule has 38 heavy (non-hydrogen) atoms. The van der Waals surface area contributed by atoms with Crippen LogP contribution < -0.4 is 14.8 Å². The lowest BCUT2D eigenvalue weighted by molar-refractivity contribution is -0.118. The van der Waals surface area contributed by atoms with Gasteiger partial charge in [-0.25, -0.2) is 4.98 Å². The van der Waals surface area contributed by atoms with E-state index >= 15 is 0 Å². The van der Waals surface area contributed by atoms with E-state index in [1.165, 1.54) is 16.0 Å². The summed E-state index contributed by atoms with van der Waals surface area (Å²) >= 11 is 3.32. The fourth-order valence-corrected chi connectivity index (χ4v) is 7.19. The summed E-state index contributed by atoms with van der Waals surface area (Å²) in [6, 6.07) is 26.1. The number of amides is 1. The third-order valence-electron chi connectivity index (χ3n) is 6.57. The van der Waals surface area contributed by atoms with Crippen LogP contribution in [-0.2, 0) is 24.3 Å². The number of nitrogens with one attached hydrogen (secondary N) is 1. The number of para-hydroxylation sites is 3. The van der Waals surface area contributed by atoms with E-state index in [-0.39, 0.29) is 12.5 Å². The molecule has 6 rings (SSSR count). The van der Waals surface area contributed by atoms with E-state index in [9.17, 15) is 4.79 Å². The smallest absolute Gasteiger partial charge is 0.262 e. The summed E-state index contributed by atoms with van der Waals surface area (Å²) in [6.07, 6.45) is 0.914. The molecule has 2 aromatic heterocycles. The SMILES string of the molecule is COc1ccccc1OCC(=O)Nc1sc2c(c1-c1nc3ccccc3s1)CCN(Cc1ccccc1)C2. The molecule has 5 aromatic rings. The van der Waals surface area contributed by atoms with Crippen LogP contribution in [0.25, 0.3) is 20.8 Å². The molecule has 0 aliphatic carbocycles. The molecule has 1 aliphatic heterocycles. The van der Waals surface area contributed by atoms with Crippen molar-refractivity contribution in [2.24, 2.45) is 0 Å². The lowest BCUT2D eigenvalue weighted by Crippen LogP contribution is -2.29. The zero-order chi connectivity index (χ0) is 25.9. The summed E-state index contributed by atoms with van der Waals surface area (Å²) in [7, 11) is 1.59. The summed E-state index contributed by atoms with van der Waals surface area (Å²) in [5.41, 5.74) is 4.63. The van der Waals surface area contributed by atoms with Gasteiger partial charge < -0.3 is 14.8 Å². The van der Waals surface area contributed by atoms with Crippen LogP contribution in [0.15, 0.2) is 78.9 Å². The Labute approximate surface area is 229 Å². The van der Waals surface area contributed by atoms with Crippen molar-refractivity contribution in [1.29, 1.82) is 0 Å². The highest BCUT2D eigenvalue weighted by Gasteiger charge is 2.28. The molecular weight excluding hydrogens is 514 g/mol. The maximum absolute atomic E-state index is 13.1. The number of carbonyl (C=O) groups excluding carboxylic acids is 1. The van der Waals surface area contributed by atoms with Gasteiger partial charge in [-0.15, -0.1) is 22.7 Å². The molecule has 8 heteroatoms. The minimum Gasteiger partial charge on any atom is -0.493 e. The number of thiazole rings is 1. The fraction of sp³-hybridized carbons (Fsp3) is 0.200. The number of hydrogen-bond donors (Lipinski definition) is 1. The van der Waals surface area contributed by atoms with E-state index < -0.39 is 0 Å². The molecule has 1 N–H and O–H groups in total. The molecule has 0 radical (unpaired) electrons. The van der Waals surface area contributed by atoms with Gasteiger partial charge in [-0.05, 0) is 41.8 Å². The second-order valence-corrected chi connectivity index (χ2v) is 11.3. The number of methoxy groups -OCH3 is 1. The number of anilines is 1. The van der Waals surface area contributed by atoms with Gasteiger partial charge in [-0.1, -0.05) is 54.6 Å². The van der Waals surface area contributed by atoms with Gasteiger partial charge >= 0.3 is 0 Å². The van der Waals surface area contributed by atoms with E-state index in [0.29, 0.717) is 11.5 Å². The number of benzene rings is 3. The number of thiophene rings is 1. The highest BCUT2D eigenvalue weighted by atomic mass is 32.1.